The van der Waals surface area contributed by atoms with E-state index in [0.717, 1.165) is 12.0 Å². The zero-order valence-electron chi connectivity index (χ0n) is 16.9. The van der Waals surface area contributed by atoms with Crippen LogP contribution in [0.15, 0.2) is 42.5 Å². The van der Waals surface area contributed by atoms with Crippen molar-refractivity contribution in [3.8, 4) is 11.1 Å². The van der Waals surface area contributed by atoms with E-state index in [4.69, 9.17) is 10.5 Å². The van der Waals surface area contributed by atoms with Crippen molar-refractivity contribution in [2.75, 3.05) is 7.05 Å². The lowest BCUT2D eigenvalue weighted by molar-refractivity contribution is -0.151. The van der Waals surface area contributed by atoms with E-state index in [1.165, 1.54) is 22.3 Å². The molecule has 154 valence electrons. The van der Waals surface area contributed by atoms with Gasteiger partial charge in [-0.25, -0.2) is 0 Å². The highest BCUT2D eigenvalue weighted by atomic mass is 16.5. The number of likely N-dealkylation sites (N-methyl/N-ethyl adjacent to an activating group) is 1. The summed E-state index contributed by atoms with van der Waals surface area (Å²) in [6, 6.07) is 13.3. The summed E-state index contributed by atoms with van der Waals surface area (Å²) in [5, 5.41) is 12.0. The van der Waals surface area contributed by atoms with Gasteiger partial charge in [0.05, 0.1) is 5.92 Å². The molecule has 0 saturated heterocycles. The third-order valence-electron chi connectivity index (χ3n) is 5.47. The van der Waals surface area contributed by atoms with Gasteiger partial charge in [0.1, 0.15) is 12.6 Å². The predicted molar refractivity (Wildman–Crippen MR) is 111 cm³/mol. The maximum Gasteiger partial charge on any atom is 0.320 e. The molecule has 0 amide bonds. The molecule has 2 aromatic carbocycles. The molecule has 0 aromatic heterocycles. The molecule has 0 aliphatic heterocycles. The molecule has 0 fully saturated rings. The zero-order chi connectivity index (χ0) is 21.0. The highest BCUT2D eigenvalue weighted by Gasteiger charge is 2.29. The first-order chi connectivity index (χ1) is 13.9. The minimum absolute atomic E-state index is 0.143. The third-order valence-corrected chi connectivity index (χ3v) is 5.47. The molecule has 0 bridgehead atoms. The summed E-state index contributed by atoms with van der Waals surface area (Å²) in [5.41, 5.74) is 11.7. The molecule has 0 heterocycles. The molecule has 0 spiro atoms. The smallest absolute Gasteiger partial charge is 0.320 e. The van der Waals surface area contributed by atoms with Crippen molar-refractivity contribution >= 4 is 11.9 Å². The van der Waals surface area contributed by atoms with Crippen molar-refractivity contribution in [3.63, 3.8) is 0 Å². The van der Waals surface area contributed by atoms with Crippen molar-refractivity contribution < 1.29 is 19.4 Å². The van der Waals surface area contributed by atoms with E-state index < -0.39 is 23.9 Å². The number of aliphatic carboxylic acids is 1. The average molecular weight is 396 g/mol. The Hall–Kier alpha value is -2.70. The first-order valence-corrected chi connectivity index (χ1v) is 9.92. The molecule has 4 N–H and O–H groups in total. The van der Waals surface area contributed by atoms with Gasteiger partial charge in [-0.05, 0) is 61.1 Å². The number of carboxylic acid groups (broad SMARTS) is 1. The average Bonchev–Trinajstić information content (AvgIpc) is 3.08. The quantitative estimate of drug-likeness (QED) is 0.481. The van der Waals surface area contributed by atoms with E-state index in [1.807, 2.05) is 24.3 Å². The first-order valence-electron chi connectivity index (χ1n) is 9.92. The molecule has 0 radical (unpaired) electrons. The Bertz CT molecular complexity index is 894. The molecule has 29 heavy (non-hydrogen) atoms. The Balaban J connectivity index is 1.71. The standard InChI is InChI=1S/C23H28N2O4/c1-14(24)10-17(12-21(25-2)22(26)27)23(28)29-13-16-7-5-9-19-18-8-4-3-6-15(18)11-20(16)19/h3-9,14,17,21,25H,10-13,24H2,1-2H3,(H,26,27). The largest absolute Gasteiger partial charge is 0.480 e. The van der Waals surface area contributed by atoms with Crippen LogP contribution in [-0.4, -0.2) is 36.2 Å². The number of ether oxygens (including phenoxy) is 1. The maximum atomic E-state index is 12.7. The molecule has 6 heteroatoms. The van der Waals surface area contributed by atoms with Crippen LogP contribution in [0.1, 0.15) is 36.5 Å². The van der Waals surface area contributed by atoms with E-state index in [0.29, 0.717) is 6.42 Å². The van der Waals surface area contributed by atoms with E-state index in [2.05, 4.69) is 23.5 Å². The summed E-state index contributed by atoms with van der Waals surface area (Å²) < 4.78 is 5.63. The predicted octanol–water partition coefficient (Wildman–Crippen LogP) is 2.72. The van der Waals surface area contributed by atoms with Crippen LogP contribution in [0.3, 0.4) is 0 Å². The second-order valence-corrected chi connectivity index (χ2v) is 7.71. The maximum absolute atomic E-state index is 12.7. The van der Waals surface area contributed by atoms with Gasteiger partial charge in [0, 0.05) is 6.04 Å². The fraction of sp³-hybridized carbons (Fsp3) is 0.391. The lowest BCUT2D eigenvalue weighted by atomic mass is 9.93. The second kappa shape index (κ2) is 9.20. The van der Waals surface area contributed by atoms with Crippen LogP contribution in [0.25, 0.3) is 11.1 Å². The Morgan fingerprint density at radius 1 is 1.14 bits per heavy atom. The van der Waals surface area contributed by atoms with Crippen molar-refractivity contribution in [2.45, 2.75) is 44.9 Å². The SMILES string of the molecule is CNC(CC(CC(C)N)C(=O)OCc1cccc2c1Cc1ccccc1-2)C(=O)O. The number of benzene rings is 2. The van der Waals surface area contributed by atoms with Gasteiger partial charge in [-0.3, -0.25) is 9.59 Å². The van der Waals surface area contributed by atoms with Crippen molar-refractivity contribution in [1.82, 2.24) is 5.32 Å². The van der Waals surface area contributed by atoms with Gasteiger partial charge in [0.2, 0.25) is 0 Å². The normalized spacial score (nSPS) is 15.1. The van der Waals surface area contributed by atoms with Crippen LogP contribution in [0.2, 0.25) is 0 Å². The molecular weight excluding hydrogens is 368 g/mol. The van der Waals surface area contributed by atoms with Gasteiger partial charge in [-0.2, -0.15) is 0 Å². The number of fused-ring (bicyclic) bond motifs is 3. The Kier molecular flexibility index (Phi) is 6.67. The fourth-order valence-electron chi connectivity index (χ4n) is 3.99. The van der Waals surface area contributed by atoms with Crippen LogP contribution in [0.4, 0.5) is 0 Å². The summed E-state index contributed by atoms with van der Waals surface area (Å²) in [4.78, 5) is 24.1. The number of hydrogen-bond donors (Lipinski definition) is 3. The number of carbonyl (C=O) groups excluding carboxylic acids is 1. The van der Waals surface area contributed by atoms with Crippen LogP contribution in [0.5, 0.6) is 0 Å². The van der Waals surface area contributed by atoms with E-state index >= 15 is 0 Å². The number of nitrogens with one attached hydrogen (secondary N) is 1. The molecule has 0 saturated carbocycles. The van der Waals surface area contributed by atoms with E-state index in [-0.39, 0.29) is 19.1 Å². The molecule has 2 aromatic rings. The summed E-state index contributed by atoms with van der Waals surface area (Å²) in [6.07, 6.45) is 1.34. The van der Waals surface area contributed by atoms with E-state index in [1.54, 1.807) is 14.0 Å². The molecule has 3 rings (SSSR count). The molecule has 1 aliphatic carbocycles. The fourth-order valence-corrected chi connectivity index (χ4v) is 3.99. The number of hydrogen-bond acceptors (Lipinski definition) is 5. The van der Waals surface area contributed by atoms with Crippen molar-refractivity contribution in [3.05, 3.63) is 59.2 Å². The first kappa shape index (κ1) is 21.0. The van der Waals surface area contributed by atoms with Gasteiger partial charge < -0.3 is 20.9 Å². The van der Waals surface area contributed by atoms with Crippen molar-refractivity contribution in [1.29, 1.82) is 0 Å². The van der Waals surface area contributed by atoms with E-state index in [9.17, 15) is 14.7 Å². The number of rotatable bonds is 9. The zero-order valence-corrected chi connectivity index (χ0v) is 16.9. The monoisotopic (exact) mass is 396 g/mol. The molecule has 3 atom stereocenters. The van der Waals surface area contributed by atoms with Gasteiger partial charge in [-0.15, -0.1) is 0 Å². The second-order valence-electron chi connectivity index (χ2n) is 7.71. The molecule has 6 nitrogen and oxygen atoms in total. The minimum atomic E-state index is -0.992. The number of nitrogens with two attached hydrogens (primary N) is 1. The molecule has 3 unspecified atom stereocenters. The Labute approximate surface area is 171 Å². The van der Waals surface area contributed by atoms with Crippen LogP contribution < -0.4 is 11.1 Å². The van der Waals surface area contributed by atoms with Crippen LogP contribution in [-0.2, 0) is 27.4 Å². The molecular formula is C23H28N2O4. The third kappa shape index (κ3) is 4.83. The van der Waals surface area contributed by atoms with Gasteiger partial charge >= 0.3 is 11.9 Å². The van der Waals surface area contributed by atoms with Gasteiger partial charge in [0.25, 0.3) is 0 Å². The minimum Gasteiger partial charge on any atom is -0.480 e. The summed E-state index contributed by atoms with van der Waals surface area (Å²) >= 11 is 0. The Morgan fingerprint density at radius 3 is 2.55 bits per heavy atom. The highest BCUT2D eigenvalue weighted by Crippen LogP contribution is 2.38. The number of carbonyl (C=O) groups is 2. The highest BCUT2D eigenvalue weighted by molar-refractivity contribution is 5.79. The molecule has 1 aliphatic rings. The lowest BCUT2D eigenvalue weighted by Gasteiger charge is -2.21. The summed E-state index contributed by atoms with van der Waals surface area (Å²) in [7, 11) is 1.57. The summed E-state index contributed by atoms with van der Waals surface area (Å²) in [5.74, 6) is -1.97. The van der Waals surface area contributed by atoms with Crippen LogP contribution in [0, 0.1) is 5.92 Å². The lowest BCUT2D eigenvalue weighted by Crippen LogP contribution is -2.39. The number of carboxylic acids is 1. The van der Waals surface area contributed by atoms with Crippen molar-refractivity contribution in [2.24, 2.45) is 11.7 Å². The number of esters is 1. The topological polar surface area (TPSA) is 102 Å². The summed E-state index contributed by atoms with van der Waals surface area (Å²) in [6.45, 7) is 1.97. The van der Waals surface area contributed by atoms with Crippen LogP contribution >= 0.6 is 0 Å². The van der Waals surface area contributed by atoms with Gasteiger partial charge in [-0.1, -0.05) is 42.5 Å². The van der Waals surface area contributed by atoms with Gasteiger partial charge in [0.15, 0.2) is 0 Å². The Morgan fingerprint density at radius 2 is 1.86 bits per heavy atom.